The molecule has 0 aliphatic rings. The van der Waals surface area contributed by atoms with Crippen molar-refractivity contribution in [2.24, 2.45) is 0 Å². The van der Waals surface area contributed by atoms with Gasteiger partial charge in [-0.3, -0.25) is 10.4 Å². The average molecular weight is 359 g/mol. The zero-order valence-electron chi connectivity index (χ0n) is 14.1. The lowest BCUT2D eigenvalue weighted by molar-refractivity contribution is 0.450. The van der Waals surface area contributed by atoms with Gasteiger partial charge in [-0.2, -0.15) is 0 Å². The normalized spacial score (nSPS) is 9.96. The highest BCUT2D eigenvalue weighted by atomic mass is 32.1. The van der Waals surface area contributed by atoms with Crippen molar-refractivity contribution in [3.8, 4) is 0 Å². The minimum atomic E-state index is 0.495. The number of anilines is 1. The molecule has 2 aromatic carbocycles. The van der Waals surface area contributed by atoms with Gasteiger partial charge in [-0.25, -0.2) is 0 Å². The molecule has 2 rings (SSSR count). The molecule has 0 aliphatic heterocycles. The molecule has 0 saturated carbocycles. The van der Waals surface area contributed by atoms with Crippen molar-refractivity contribution in [2.45, 2.75) is 20.4 Å². The maximum Gasteiger partial charge on any atom is 0.189 e. The van der Waals surface area contributed by atoms with E-state index >= 15 is 0 Å². The number of rotatable bonds is 3. The first-order valence-electron chi connectivity index (χ1n) is 7.66. The molecule has 0 saturated heterocycles. The lowest BCUT2D eigenvalue weighted by Gasteiger charge is -2.24. The third-order valence-electron chi connectivity index (χ3n) is 3.50. The van der Waals surface area contributed by atoms with Crippen molar-refractivity contribution in [3.05, 3.63) is 65.2 Å². The minimum Gasteiger partial charge on any atom is -0.357 e. The van der Waals surface area contributed by atoms with Gasteiger partial charge in [0.25, 0.3) is 0 Å². The van der Waals surface area contributed by atoms with Crippen LogP contribution < -0.4 is 16.1 Å². The van der Waals surface area contributed by atoms with Crippen molar-refractivity contribution in [1.82, 2.24) is 15.8 Å². The highest BCUT2D eigenvalue weighted by Gasteiger charge is 2.07. The molecule has 0 bridgehead atoms. The Morgan fingerprint density at radius 1 is 1.04 bits per heavy atom. The summed E-state index contributed by atoms with van der Waals surface area (Å²) in [7, 11) is 1.83. The van der Waals surface area contributed by atoms with Gasteiger partial charge in [-0.05, 0) is 61.0 Å². The smallest absolute Gasteiger partial charge is 0.189 e. The van der Waals surface area contributed by atoms with Crippen LogP contribution in [-0.2, 0) is 6.54 Å². The average Bonchev–Trinajstić information content (AvgIpc) is 2.56. The van der Waals surface area contributed by atoms with Crippen LogP contribution in [-0.4, -0.2) is 22.3 Å². The second-order valence-electron chi connectivity index (χ2n) is 5.59. The molecule has 0 aromatic heterocycles. The first-order chi connectivity index (χ1) is 11.5. The predicted octanol–water partition coefficient (Wildman–Crippen LogP) is 3.51. The van der Waals surface area contributed by atoms with E-state index in [2.05, 4.69) is 53.3 Å². The first kappa shape index (κ1) is 18.2. The lowest BCUT2D eigenvalue weighted by atomic mass is 10.1. The number of nitrogens with zero attached hydrogens (tertiary/aromatic N) is 1. The summed E-state index contributed by atoms with van der Waals surface area (Å²) in [6.45, 7) is 4.76. The zero-order chi connectivity index (χ0) is 17.5. The van der Waals surface area contributed by atoms with E-state index in [9.17, 15) is 0 Å². The summed E-state index contributed by atoms with van der Waals surface area (Å²) in [5, 5.41) is 9.16. The van der Waals surface area contributed by atoms with E-state index < -0.39 is 0 Å². The molecule has 4 nitrogen and oxygen atoms in total. The molecule has 0 fully saturated rings. The molecular weight excluding hydrogens is 336 g/mol. The Bertz CT molecular complexity index is 716. The Kier molecular flexibility index (Phi) is 6.52. The lowest BCUT2D eigenvalue weighted by Crippen LogP contribution is -2.49. The SMILES string of the molecule is Cc1ccc(C)c(NC(=S)NN(C)C(=S)NCc2ccccc2)c1. The molecule has 3 N–H and O–H groups in total. The van der Waals surface area contributed by atoms with Crippen molar-refractivity contribution in [2.75, 3.05) is 12.4 Å². The molecule has 6 heteroatoms. The van der Waals surface area contributed by atoms with Crippen LogP contribution in [0.1, 0.15) is 16.7 Å². The van der Waals surface area contributed by atoms with E-state index in [0.29, 0.717) is 16.8 Å². The Morgan fingerprint density at radius 2 is 1.75 bits per heavy atom. The third kappa shape index (κ3) is 5.47. The molecule has 0 amide bonds. The van der Waals surface area contributed by atoms with Gasteiger partial charge >= 0.3 is 0 Å². The number of hydrazine groups is 1. The second-order valence-corrected chi connectivity index (χ2v) is 6.38. The van der Waals surface area contributed by atoms with Crippen molar-refractivity contribution in [3.63, 3.8) is 0 Å². The third-order valence-corrected chi connectivity index (χ3v) is 4.11. The van der Waals surface area contributed by atoms with Crippen LogP contribution in [0, 0.1) is 13.8 Å². The van der Waals surface area contributed by atoms with Gasteiger partial charge in [0, 0.05) is 19.3 Å². The maximum atomic E-state index is 5.37. The van der Waals surface area contributed by atoms with Gasteiger partial charge in [0.05, 0.1) is 0 Å². The molecule has 0 heterocycles. The molecular formula is C18H22N4S2. The predicted molar refractivity (Wildman–Crippen MR) is 109 cm³/mol. The molecule has 126 valence electrons. The second kappa shape index (κ2) is 8.61. The Labute approximate surface area is 154 Å². The standard InChI is InChI=1S/C18H22N4S2/c1-13-9-10-14(2)16(11-13)20-17(23)21-22(3)18(24)19-12-15-7-5-4-6-8-15/h4-11H,12H2,1-3H3,(H,19,24)(H2,20,21,23). The summed E-state index contributed by atoms with van der Waals surface area (Å²) in [6.07, 6.45) is 0. The highest BCUT2D eigenvalue weighted by molar-refractivity contribution is 7.80. The zero-order valence-corrected chi connectivity index (χ0v) is 15.7. The Hall–Kier alpha value is -2.18. The van der Waals surface area contributed by atoms with Crippen molar-refractivity contribution >= 4 is 40.3 Å². The summed E-state index contributed by atoms with van der Waals surface area (Å²) in [4.78, 5) is 0. The van der Waals surface area contributed by atoms with Crippen LogP contribution in [0.5, 0.6) is 0 Å². The van der Waals surface area contributed by atoms with Crippen LogP contribution in [0.3, 0.4) is 0 Å². The van der Waals surface area contributed by atoms with Crippen LogP contribution >= 0.6 is 24.4 Å². The van der Waals surface area contributed by atoms with E-state index in [1.54, 1.807) is 5.01 Å². The van der Waals surface area contributed by atoms with Crippen LogP contribution in [0.15, 0.2) is 48.5 Å². The van der Waals surface area contributed by atoms with Gasteiger partial charge in [-0.15, -0.1) is 0 Å². The number of aryl methyl sites for hydroxylation is 2. The van der Waals surface area contributed by atoms with E-state index in [-0.39, 0.29) is 0 Å². The van der Waals surface area contributed by atoms with Crippen molar-refractivity contribution in [1.29, 1.82) is 0 Å². The van der Waals surface area contributed by atoms with E-state index in [4.69, 9.17) is 24.4 Å². The highest BCUT2D eigenvalue weighted by Crippen LogP contribution is 2.16. The summed E-state index contributed by atoms with van der Waals surface area (Å²) in [5.41, 5.74) is 7.54. The molecule has 0 atom stereocenters. The molecule has 24 heavy (non-hydrogen) atoms. The maximum absolute atomic E-state index is 5.37. The Morgan fingerprint density at radius 3 is 2.46 bits per heavy atom. The van der Waals surface area contributed by atoms with Gasteiger partial charge in [0.1, 0.15) is 0 Å². The van der Waals surface area contributed by atoms with Crippen LogP contribution in [0.2, 0.25) is 0 Å². The van der Waals surface area contributed by atoms with Gasteiger partial charge in [0.2, 0.25) is 0 Å². The summed E-state index contributed by atoms with van der Waals surface area (Å²) in [5.74, 6) is 0. The first-order valence-corrected chi connectivity index (χ1v) is 8.47. The van der Waals surface area contributed by atoms with Crippen LogP contribution in [0.4, 0.5) is 5.69 Å². The molecule has 2 aromatic rings. The van der Waals surface area contributed by atoms with Gasteiger partial charge < -0.3 is 10.6 Å². The largest absolute Gasteiger partial charge is 0.357 e. The number of hydrogen-bond acceptors (Lipinski definition) is 2. The van der Waals surface area contributed by atoms with Gasteiger partial charge in [0.15, 0.2) is 10.2 Å². The fraction of sp³-hybridized carbons (Fsp3) is 0.222. The van der Waals surface area contributed by atoms with Gasteiger partial charge in [-0.1, -0.05) is 42.5 Å². The van der Waals surface area contributed by atoms with Crippen molar-refractivity contribution < 1.29 is 0 Å². The number of benzene rings is 2. The summed E-state index contributed by atoms with van der Waals surface area (Å²) >= 11 is 10.7. The van der Waals surface area contributed by atoms with Crippen LogP contribution in [0.25, 0.3) is 0 Å². The monoisotopic (exact) mass is 358 g/mol. The Balaban J connectivity index is 1.84. The molecule has 0 unspecified atom stereocenters. The van der Waals surface area contributed by atoms with E-state index in [1.165, 1.54) is 11.1 Å². The molecule has 0 aliphatic carbocycles. The fourth-order valence-corrected chi connectivity index (χ4v) is 2.48. The number of thiocarbonyl (C=S) groups is 2. The van der Waals surface area contributed by atoms with E-state index in [1.807, 2.05) is 32.2 Å². The summed E-state index contributed by atoms with van der Waals surface area (Å²) in [6, 6.07) is 16.3. The fourth-order valence-electron chi connectivity index (χ4n) is 2.12. The number of hydrogen-bond donors (Lipinski definition) is 3. The summed E-state index contributed by atoms with van der Waals surface area (Å²) < 4.78 is 0. The number of nitrogens with one attached hydrogen (secondary N) is 3. The molecule has 0 radical (unpaired) electrons. The quantitative estimate of drug-likeness (QED) is 0.576. The topological polar surface area (TPSA) is 39.3 Å². The molecule has 0 spiro atoms. The minimum absolute atomic E-state index is 0.495. The van der Waals surface area contributed by atoms with E-state index in [0.717, 1.165) is 11.3 Å².